The van der Waals surface area contributed by atoms with E-state index in [4.69, 9.17) is 9.26 Å². The number of morpholine rings is 1. The van der Waals surface area contributed by atoms with Crippen LogP contribution in [0.15, 0.2) is 16.7 Å². The molecule has 1 spiro atoms. The zero-order valence-corrected chi connectivity index (χ0v) is 17.4. The molecule has 4 atom stereocenters. The number of barbiturate groups is 1. The molecule has 31 heavy (non-hydrogen) atoms. The molecular formula is C20H22FN5O5. The van der Waals surface area contributed by atoms with Crippen LogP contribution in [0, 0.1) is 5.41 Å². The number of halogens is 1. The second-order valence-corrected chi connectivity index (χ2v) is 8.53. The third-order valence-electron chi connectivity index (χ3n) is 6.42. The smallest absolute Gasteiger partial charge is 0.328 e. The first kappa shape index (κ1) is 19.7. The molecule has 0 saturated carbocycles. The van der Waals surface area contributed by atoms with E-state index in [2.05, 4.69) is 15.8 Å². The lowest BCUT2D eigenvalue weighted by Crippen LogP contribution is -2.76. The van der Waals surface area contributed by atoms with E-state index in [1.165, 1.54) is 4.90 Å². The van der Waals surface area contributed by atoms with Gasteiger partial charge in [-0.2, -0.15) is 0 Å². The van der Waals surface area contributed by atoms with Crippen molar-refractivity contribution in [2.24, 2.45) is 5.41 Å². The van der Waals surface area contributed by atoms with Gasteiger partial charge in [0.1, 0.15) is 6.10 Å². The first-order valence-corrected chi connectivity index (χ1v) is 9.99. The Kier molecular flexibility index (Phi) is 4.07. The largest absolute Gasteiger partial charge is 0.368 e. The van der Waals surface area contributed by atoms with Gasteiger partial charge in [-0.05, 0) is 31.9 Å². The summed E-state index contributed by atoms with van der Waals surface area (Å²) in [6, 6.07) is 1.60. The van der Waals surface area contributed by atoms with E-state index in [0.717, 1.165) is 0 Å². The van der Waals surface area contributed by atoms with Crippen molar-refractivity contribution in [3.63, 3.8) is 0 Å². The molecule has 3 aliphatic heterocycles. The highest BCUT2D eigenvalue weighted by atomic mass is 19.1. The predicted octanol–water partition coefficient (Wildman–Crippen LogP) is 1.08. The fourth-order valence-electron chi connectivity index (χ4n) is 5.11. The molecule has 1 aromatic carbocycles. The number of aromatic nitrogens is 1. The number of nitrogens with zero attached hydrogens (tertiary/aromatic N) is 3. The highest BCUT2D eigenvalue weighted by Gasteiger charge is 2.64. The fourth-order valence-corrected chi connectivity index (χ4v) is 5.11. The minimum Gasteiger partial charge on any atom is -0.368 e. The summed E-state index contributed by atoms with van der Waals surface area (Å²) in [6.45, 7) is 3.29. The number of hydrogen-bond acceptors (Lipinski definition) is 8. The average molecular weight is 431 g/mol. The molecule has 0 bridgehead atoms. The van der Waals surface area contributed by atoms with Crippen molar-refractivity contribution in [3.8, 4) is 0 Å². The second-order valence-electron chi connectivity index (χ2n) is 8.53. The van der Waals surface area contributed by atoms with Crippen LogP contribution in [0.25, 0.3) is 11.0 Å². The van der Waals surface area contributed by atoms with E-state index in [1.54, 1.807) is 30.9 Å². The lowest BCUT2D eigenvalue weighted by molar-refractivity contribution is -0.159. The van der Waals surface area contributed by atoms with E-state index in [1.807, 2.05) is 14.1 Å². The van der Waals surface area contributed by atoms with Gasteiger partial charge < -0.3 is 19.1 Å². The number of alkyl halides is 1. The second kappa shape index (κ2) is 6.39. The molecule has 2 N–H and O–H groups in total. The number of hydrogen-bond donors (Lipinski definition) is 2. The van der Waals surface area contributed by atoms with Crippen LogP contribution in [-0.4, -0.2) is 61.6 Å². The van der Waals surface area contributed by atoms with Crippen LogP contribution in [0.2, 0.25) is 0 Å². The van der Waals surface area contributed by atoms with E-state index in [9.17, 15) is 14.4 Å². The van der Waals surface area contributed by atoms with Crippen LogP contribution >= 0.6 is 0 Å². The molecule has 2 saturated heterocycles. The fraction of sp³-hybridized carbons (Fsp3) is 0.500. The van der Waals surface area contributed by atoms with Gasteiger partial charge in [-0.25, -0.2) is 9.18 Å². The lowest BCUT2D eigenvalue weighted by Gasteiger charge is -2.56. The van der Waals surface area contributed by atoms with E-state index < -0.39 is 47.8 Å². The molecule has 1 unspecified atom stereocenters. The number of urea groups is 1. The molecule has 164 valence electrons. The van der Waals surface area contributed by atoms with Crippen molar-refractivity contribution in [1.29, 1.82) is 0 Å². The number of carbonyl (C=O) groups is 3. The molecule has 11 heteroatoms. The Hall–Kier alpha value is -3.21. The van der Waals surface area contributed by atoms with Crippen LogP contribution in [0.4, 0.5) is 20.7 Å². The summed E-state index contributed by atoms with van der Waals surface area (Å²) in [4.78, 5) is 41.2. The molecule has 2 aromatic rings. The number of benzene rings is 1. The maximum atomic E-state index is 15.6. The molecule has 0 radical (unpaired) electrons. The Morgan fingerprint density at radius 1 is 1.16 bits per heavy atom. The zero-order chi connectivity index (χ0) is 22.2. The van der Waals surface area contributed by atoms with Crippen LogP contribution < -0.4 is 20.4 Å². The number of rotatable bonds is 1. The Morgan fingerprint density at radius 3 is 2.48 bits per heavy atom. The zero-order valence-electron chi connectivity index (χ0n) is 17.4. The van der Waals surface area contributed by atoms with Gasteiger partial charge in [0, 0.05) is 25.8 Å². The summed E-state index contributed by atoms with van der Waals surface area (Å²) >= 11 is 0. The standard InChI is InChI=1S/C20H22FN5O5/c1-8-14-20(17(27)22-19(29)23-18(20)28)7-10-5-11-13(31-24-16(11)25(3)4)6-12(10)26(14)15(21)9(2)30-8/h5-6,8-9,14-15H,7H2,1-4H3,(H2,22,23,27,28,29)/t8-,9+,14+,15?/m1/s1. The topological polar surface area (TPSA) is 117 Å². The maximum absolute atomic E-state index is 15.6. The monoisotopic (exact) mass is 431 g/mol. The third-order valence-corrected chi connectivity index (χ3v) is 6.42. The summed E-state index contributed by atoms with van der Waals surface area (Å²) in [5, 5.41) is 9.13. The molecule has 3 aliphatic rings. The Morgan fingerprint density at radius 2 is 1.84 bits per heavy atom. The van der Waals surface area contributed by atoms with E-state index in [0.29, 0.717) is 28.0 Å². The third kappa shape index (κ3) is 2.52. The van der Waals surface area contributed by atoms with Gasteiger partial charge in [0.05, 0.1) is 17.5 Å². The van der Waals surface area contributed by atoms with Crippen LogP contribution in [0.1, 0.15) is 19.4 Å². The minimum absolute atomic E-state index is 0.0305. The molecule has 10 nitrogen and oxygen atoms in total. The van der Waals surface area contributed by atoms with Gasteiger partial charge in [0.2, 0.25) is 11.8 Å². The van der Waals surface area contributed by atoms with Gasteiger partial charge in [-0.15, -0.1) is 0 Å². The molecule has 4 amide bonds. The van der Waals surface area contributed by atoms with Crippen LogP contribution in [0.5, 0.6) is 0 Å². The SMILES string of the molecule is C[C@@H]1O[C@H](C)[C@@H]2N(c3cc4onc(N(C)C)c4cc3CC23C(=O)NC(=O)NC3=O)C1F. The van der Waals surface area contributed by atoms with Crippen molar-refractivity contribution >= 4 is 40.3 Å². The van der Waals surface area contributed by atoms with Gasteiger partial charge in [0.15, 0.2) is 23.1 Å². The van der Waals surface area contributed by atoms with E-state index in [-0.39, 0.29) is 6.42 Å². The number of anilines is 2. The number of imide groups is 2. The minimum atomic E-state index is -1.74. The van der Waals surface area contributed by atoms with Crippen molar-refractivity contribution in [2.45, 2.75) is 44.8 Å². The molecule has 1 aromatic heterocycles. The number of fused-ring (bicyclic) bond motifs is 5. The van der Waals surface area contributed by atoms with Gasteiger partial charge in [-0.3, -0.25) is 20.2 Å². The molecule has 5 rings (SSSR count). The normalized spacial score (nSPS) is 29.5. The summed E-state index contributed by atoms with van der Waals surface area (Å²) < 4.78 is 26.8. The lowest BCUT2D eigenvalue weighted by atomic mass is 9.66. The van der Waals surface area contributed by atoms with Crippen molar-refractivity contribution < 1.29 is 28.0 Å². The van der Waals surface area contributed by atoms with Gasteiger partial charge in [0.25, 0.3) is 0 Å². The number of amides is 4. The molecular weight excluding hydrogens is 409 g/mol. The first-order chi connectivity index (χ1) is 14.6. The highest BCUT2D eigenvalue weighted by Crippen LogP contribution is 2.49. The molecule has 4 heterocycles. The van der Waals surface area contributed by atoms with Gasteiger partial charge in [-0.1, -0.05) is 5.16 Å². The Labute approximate surface area is 176 Å². The first-order valence-electron chi connectivity index (χ1n) is 9.99. The van der Waals surface area contributed by atoms with Gasteiger partial charge >= 0.3 is 6.03 Å². The Balaban J connectivity index is 1.77. The van der Waals surface area contributed by atoms with Crippen molar-refractivity contribution in [1.82, 2.24) is 15.8 Å². The highest BCUT2D eigenvalue weighted by molar-refractivity contribution is 6.20. The van der Waals surface area contributed by atoms with Crippen LogP contribution in [0.3, 0.4) is 0 Å². The van der Waals surface area contributed by atoms with Crippen molar-refractivity contribution in [2.75, 3.05) is 23.9 Å². The number of carbonyl (C=O) groups excluding carboxylic acids is 3. The predicted molar refractivity (Wildman–Crippen MR) is 107 cm³/mol. The summed E-state index contributed by atoms with van der Waals surface area (Å²) in [5.41, 5.74) is -0.187. The Bertz CT molecular complexity index is 1110. The maximum Gasteiger partial charge on any atom is 0.328 e. The molecule has 0 aliphatic carbocycles. The number of ether oxygens (including phenoxy) is 1. The summed E-state index contributed by atoms with van der Waals surface area (Å²) in [7, 11) is 3.62. The van der Waals surface area contributed by atoms with Crippen molar-refractivity contribution in [3.05, 3.63) is 17.7 Å². The number of nitrogens with one attached hydrogen (secondary N) is 2. The van der Waals surface area contributed by atoms with E-state index >= 15 is 4.39 Å². The molecule has 2 fully saturated rings. The average Bonchev–Trinajstić information content (AvgIpc) is 3.10. The quantitative estimate of drug-likeness (QED) is 0.509. The summed E-state index contributed by atoms with van der Waals surface area (Å²) in [5.74, 6) is -0.961. The summed E-state index contributed by atoms with van der Waals surface area (Å²) in [6.07, 6.45) is -3.11. The van der Waals surface area contributed by atoms with Crippen LogP contribution in [-0.2, 0) is 20.7 Å².